The molecule has 0 aliphatic carbocycles. The van der Waals surface area contributed by atoms with Gasteiger partial charge in [0.25, 0.3) is 5.91 Å². The highest BCUT2D eigenvalue weighted by Gasteiger charge is 2.11. The predicted molar refractivity (Wildman–Crippen MR) is 75.3 cm³/mol. The second kappa shape index (κ2) is 6.70. The molecule has 2 aromatic rings. The Morgan fingerprint density at radius 1 is 1.45 bits per heavy atom. The number of amides is 1. The van der Waals surface area contributed by atoms with E-state index in [4.69, 9.17) is 4.42 Å². The van der Waals surface area contributed by atoms with Gasteiger partial charge in [0.15, 0.2) is 0 Å². The zero-order valence-electron chi connectivity index (χ0n) is 11.6. The summed E-state index contributed by atoms with van der Waals surface area (Å²) in [5, 5.41) is 5.88. The lowest BCUT2D eigenvalue weighted by molar-refractivity contribution is 0.0934. The minimum atomic E-state index is -0.192. The van der Waals surface area contributed by atoms with Gasteiger partial charge in [-0.3, -0.25) is 4.79 Å². The van der Waals surface area contributed by atoms with E-state index in [1.165, 1.54) is 0 Å². The van der Waals surface area contributed by atoms with E-state index in [0.717, 1.165) is 12.2 Å². The summed E-state index contributed by atoms with van der Waals surface area (Å²) in [5.41, 5.74) is 0.349. The normalized spacial score (nSPS) is 11.9. The van der Waals surface area contributed by atoms with Crippen molar-refractivity contribution in [1.29, 1.82) is 0 Å². The number of anilines is 1. The number of carbonyl (C=O) groups is 1. The summed E-state index contributed by atoms with van der Waals surface area (Å²) in [4.78, 5) is 20.2. The first kappa shape index (κ1) is 14.0. The number of furan rings is 1. The van der Waals surface area contributed by atoms with Crippen LogP contribution in [0.15, 0.2) is 35.1 Å². The quantitative estimate of drug-likeness (QED) is 0.844. The van der Waals surface area contributed by atoms with Gasteiger partial charge in [0.1, 0.15) is 11.5 Å². The van der Waals surface area contributed by atoms with Crippen molar-refractivity contribution >= 4 is 11.9 Å². The first-order chi connectivity index (χ1) is 9.69. The van der Waals surface area contributed by atoms with Gasteiger partial charge < -0.3 is 15.1 Å². The van der Waals surface area contributed by atoms with Crippen molar-refractivity contribution in [2.75, 3.05) is 5.32 Å². The Morgan fingerprint density at radius 2 is 2.30 bits per heavy atom. The fourth-order valence-electron chi connectivity index (χ4n) is 1.55. The van der Waals surface area contributed by atoms with E-state index in [-0.39, 0.29) is 11.9 Å². The Morgan fingerprint density at radius 3 is 3.00 bits per heavy atom. The van der Waals surface area contributed by atoms with E-state index in [9.17, 15) is 4.79 Å². The highest BCUT2D eigenvalue weighted by atomic mass is 16.3. The molecule has 2 aromatic heterocycles. The number of aromatic nitrogens is 2. The fourth-order valence-corrected chi connectivity index (χ4v) is 1.55. The third kappa shape index (κ3) is 3.81. The molecule has 0 aliphatic heterocycles. The molecule has 0 aromatic carbocycles. The summed E-state index contributed by atoms with van der Waals surface area (Å²) in [5.74, 6) is 0.990. The molecule has 0 saturated carbocycles. The van der Waals surface area contributed by atoms with Gasteiger partial charge in [-0.05, 0) is 31.5 Å². The van der Waals surface area contributed by atoms with Crippen molar-refractivity contribution in [3.05, 3.63) is 42.1 Å². The molecule has 20 heavy (non-hydrogen) atoms. The van der Waals surface area contributed by atoms with Crippen LogP contribution in [0.25, 0.3) is 0 Å². The number of hydrogen-bond donors (Lipinski definition) is 2. The highest BCUT2D eigenvalue weighted by Crippen LogP contribution is 2.05. The molecule has 1 unspecified atom stereocenters. The van der Waals surface area contributed by atoms with Crippen molar-refractivity contribution in [2.45, 2.75) is 32.9 Å². The molecule has 2 N–H and O–H groups in total. The molecular weight excluding hydrogens is 256 g/mol. The molecule has 1 amide bonds. The van der Waals surface area contributed by atoms with Crippen molar-refractivity contribution in [1.82, 2.24) is 15.3 Å². The average molecular weight is 274 g/mol. The number of hydrogen-bond acceptors (Lipinski definition) is 5. The van der Waals surface area contributed by atoms with E-state index >= 15 is 0 Å². The molecule has 2 rings (SSSR count). The van der Waals surface area contributed by atoms with Crippen LogP contribution in [0.5, 0.6) is 0 Å². The zero-order valence-corrected chi connectivity index (χ0v) is 11.6. The SMILES string of the molecule is CCC(C)NC(=O)c1ccnc(NCc2ccco2)n1. The van der Waals surface area contributed by atoms with E-state index in [0.29, 0.717) is 18.2 Å². The zero-order chi connectivity index (χ0) is 14.4. The third-order valence-corrected chi connectivity index (χ3v) is 2.88. The van der Waals surface area contributed by atoms with E-state index in [1.54, 1.807) is 18.5 Å². The molecule has 1 atom stereocenters. The first-order valence-corrected chi connectivity index (χ1v) is 6.59. The van der Waals surface area contributed by atoms with Crippen LogP contribution in [0, 0.1) is 0 Å². The lowest BCUT2D eigenvalue weighted by atomic mass is 10.2. The van der Waals surface area contributed by atoms with Crippen LogP contribution in [0.1, 0.15) is 36.5 Å². The molecule has 0 aliphatic rings. The van der Waals surface area contributed by atoms with Gasteiger partial charge in [-0.15, -0.1) is 0 Å². The van der Waals surface area contributed by atoms with Crippen LogP contribution >= 0.6 is 0 Å². The van der Waals surface area contributed by atoms with Crippen LogP contribution in [-0.4, -0.2) is 21.9 Å². The third-order valence-electron chi connectivity index (χ3n) is 2.88. The Bertz CT molecular complexity index is 554. The molecule has 0 saturated heterocycles. The molecule has 0 spiro atoms. The van der Waals surface area contributed by atoms with E-state index in [1.807, 2.05) is 26.0 Å². The van der Waals surface area contributed by atoms with E-state index < -0.39 is 0 Å². The van der Waals surface area contributed by atoms with Gasteiger partial charge in [-0.25, -0.2) is 9.97 Å². The second-order valence-electron chi connectivity index (χ2n) is 4.48. The smallest absolute Gasteiger partial charge is 0.270 e. The maximum Gasteiger partial charge on any atom is 0.270 e. The number of carbonyl (C=O) groups excluding carboxylic acids is 1. The van der Waals surface area contributed by atoms with Gasteiger partial charge >= 0.3 is 0 Å². The topological polar surface area (TPSA) is 80.0 Å². The van der Waals surface area contributed by atoms with Crippen LogP contribution in [0.3, 0.4) is 0 Å². The molecule has 0 radical (unpaired) electrons. The Labute approximate surface area is 117 Å². The number of nitrogens with one attached hydrogen (secondary N) is 2. The van der Waals surface area contributed by atoms with Gasteiger partial charge in [-0.1, -0.05) is 6.92 Å². The summed E-state index contributed by atoms with van der Waals surface area (Å²) in [6.07, 6.45) is 4.04. The van der Waals surface area contributed by atoms with E-state index in [2.05, 4.69) is 20.6 Å². The minimum Gasteiger partial charge on any atom is -0.467 e. The van der Waals surface area contributed by atoms with Crippen molar-refractivity contribution in [3.63, 3.8) is 0 Å². The summed E-state index contributed by atoms with van der Waals surface area (Å²) in [7, 11) is 0. The summed E-state index contributed by atoms with van der Waals surface area (Å²) < 4.78 is 5.20. The van der Waals surface area contributed by atoms with Crippen LogP contribution in [0.4, 0.5) is 5.95 Å². The molecule has 6 heteroatoms. The van der Waals surface area contributed by atoms with Gasteiger partial charge in [0.2, 0.25) is 5.95 Å². The maximum atomic E-state index is 12.0. The van der Waals surface area contributed by atoms with Crippen molar-refractivity contribution in [3.8, 4) is 0 Å². The second-order valence-corrected chi connectivity index (χ2v) is 4.48. The van der Waals surface area contributed by atoms with Gasteiger partial charge in [0.05, 0.1) is 12.8 Å². The minimum absolute atomic E-state index is 0.122. The predicted octanol–water partition coefficient (Wildman–Crippen LogP) is 2.21. The molecular formula is C14H18N4O2. The standard InChI is InChI=1S/C14H18N4O2/c1-3-10(2)17-13(19)12-6-7-15-14(18-12)16-9-11-5-4-8-20-11/h4-8,10H,3,9H2,1-2H3,(H,17,19)(H,15,16,18). The van der Waals surface area contributed by atoms with Crippen LogP contribution in [-0.2, 0) is 6.54 Å². The monoisotopic (exact) mass is 274 g/mol. The van der Waals surface area contributed by atoms with Crippen LogP contribution in [0.2, 0.25) is 0 Å². The van der Waals surface area contributed by atoms with Crippen molar-refractivity contribution in [2.24, 2.45) is 0 Å². The number of nitrogens with zero attached hydrogens (tertiary/aromatic N) is 2. The first-order valence-electron chi connectivity index (χ1n) is 6.59. The molecule has 0 bridgehead atoms. The lowest BCUT2D eigenvalue weighted by Gasteiger charge is -2.11. The largest absolute Gasteiger partial charge is 0.467 e. The summed E-state index contributed by atoms with van der Waals surface area (Å²) >= 11 is 0. The van der Waals surface area contributed by atoms with Crippen LogP contribution < -0.4 is 10.6 Å². The maximum absolute atomic E-state index is 12.0. The summed E-state index contributed by atoms with van der Waals surface area (Å²) in [6, 6.07) is 5.38. The fraction of sp³-hybridized carbons (Fsp3) is 0.357. The van der Waals surface area contributed by atoms with Gasteiger partial charge in [-0.2, -0.15) is 0 Å². The molecule has 2 heterocycles. The number of rotatable bonds is 6. The molecule has 6 nitrogen and oxygen atoms in total. The van der Waals surface area contributed by atoms with Gasteiger partial charge in [0, 0.05) is 12.2 Å². The molecule has 106 valence electrons. The summed E-state index contributed by atoms with van der Waals surface area (Å²) in [6.45, 7) is 4.44. The Kier molecular flexibility index (Phi) is 4.70. The van der Waals surface area contributed by atoms with Crippen molar-refractivity contribution < 1.29 is 9.21 Å². The lowest BCUT2D eigenvalue weighted by Crippen LogP contribution is -2.32. The highest BCUT2D eigenvalue weighted by molar-refractivity contribution is 5.92. The Hall–Kier alpha value is -2.37. The average Bonchev–Trinajstić information content (AvgIpc) is 2.98. The molecule has 0 fully saturated rings. The Balaban J connectivity index is 1.98.